The fraction of sp³-hybridized carbons (Fsp3) is 0.438. The Balaban J connectivity index is 1.87. The number of anilines is 1. The van der Waals surface area contributed by atoms with E-state index in [1.54, 1.807) is 11.8 Å². The van der Waals surface area contributed by atoms with Gasteiger partial charge in [-0.15, -0.1) is 5.10 Å². The summed E-state index contributed by atoms with van der Waals surface area (Å²) in [6, 6.07) is 9.78. The lowest BCUT2D eigenvalue weighted by atomic mass is 10.1. The molecule has 0 saturated heterocycles. The highest BCUT2D eigenvalue weighted by Gasteiger charge is 2.75. The number of amides is 1. The maximum atomic E-state index is 13.0. The standard InChI is InChI=1S/C16H20N4OS2/c1-10-15(2,22-4)16(10,17-3)14(21)18-13-12(19-20-23-13)11-8-6-5-7-9-11/h5-10,17H,1-4H3,(H,18,21). The van der Waals surface area contributed by atoms with E-state index < -0.39 is 5.54 Å². The Morgan fingerprint density at radius 3 is 2.61 bits per heavy atom. The van der Waals surface area contributed by atoms with Crippen LogP contribution in [0.3, 0.4) is 0 Å². The maximum Gasteiger partial charge on any atom is 0.247 e. The molecule has 0 spiro atoms. The molecule has 7 heteroatoms. The molecule has 3 rings (SSSR count). The van der Waals surface area contributed by atoms with Crippen molar-refractivity contribution in [3.63, 3.8) is 0 Å². The number of benzene rings is 1. The molecule has 5 nitrogen and oxygen atoms in total. The van der Waals surface area contributed by atoms with E-state index in [1.165, 1.54) is 11.5 Å². The Labute approximate surface area is 144 Å². The van der Waals surface area contributed by atoms with Crippen molar-refractivity contribution in [2.75, 3.05) is 18.6 Å². The summed E-state index contributed by atoms with van der Waals surface area (Å²) in [6.07, 6.45) is 2.05. The average molecular weight is 348 g/mol. The number of aromatic nitrogens is 2. The lowest BCUT2D eigenvalue weighted by Crippen LogP contribution is -2.47. The van der Waals surface area contributed by atoms with E-state index in [2.05, 4.69) is 34.1 Å². The molecule has 1 fully saturated rings. The fourth-order valence-corrected chi connectivity index (χ4v) is 5.16. The highest BCUT2D eigenvalue weighted by atomic mass is 32.2. The molecule has 0 aliphatic heterocycles. The molecule has 1 aromatic carbocycles. The highest BCUT2D eigenvalue weighted by Crippen LogP contribution is 2.62. The minimum absolute atomic E-state index is 0.0208. The van der Waals surface area contributed by atoms with Crippen molar-refractivity contribution in [3.8, 4) is 11.3 Å². The molecule has 23 heavy (non-hydrogen) atoms. The van der Waals surface area contributed by atoms with E-state index in [9.17, 15) is 4.79 Å². The molecule has 3 atom stereocenters. The van der Waals surface area contributed by atoms with Crippen LogP contribution in [0, 0.1) is 5.92 Å². The minimum atomic E-state index is -0.565. The molecule has 0 bridgehead atoms. The van der Waals surface area contributed by atoms with E-state index in [0.29, 0.717) is 5.00 Å². The number of likely N-dealkylation sites (N-methyl/N-ethyl adjacent to an activating group) is 1. The number of hydrogen-bond donors (Lipinski definition) is 2. The number of nitrogens with zero attached hydrogens (tertiary/aromatic N) is 2. The van der Waals surface area contributed by atoms with Crippen LogP contribution in [-0.2, 0) is 4.79 Å². The van der Waals surface area contributed by atoms with E-state index >= 15 is 0 Å². The topological polar surface area (TPSA) is 66.9 Å². The predicted octanol–water partition coefficient (Wildman–Crippen LogP) is 2.87. The van der Waals surface area contributed by atoms with Crippen LogP contribution in [0.1, 0.15) is 13.8 Å². The molecular formula is C16H20N4OS2. The molecule has 2 N–H and O–H groups in total. The summed E-state index contributed by atoms with van der Waals surface area (Å²) in [5, 5.41) is 11.2. The molecular weight excluding hydrogens is 328 g/mol. The van der Waals surface area contributed by atoms with Gasteiger partial charge in [0.25, 0.3) is 0 Å². The van der Waals surface area contributed by atoms with Crippen LogP contribution >= 0.6 is 23.3 Å². The summed E-state index contributed by atoms with van der Waals surface area (Å²) in [4.78, 5) is 13.0. The van der Waals surface area contributed by atoms with E-state index in [0.717, 1.165) is 11.3 Å². The Morgan fingerprint density at radius 1 is 1.35 bits per heavy atom. The summed E-state index contributed by atoms with van der Waals surface area (Å²) in [5.74, 6) is 0.226. The monoisotopic (exact) mass is 348 g/mol. The van der Waals surface area contributed by atoms with Gasteiger partial charge in [-0.1, -0.05) is 41.7 Å². The number of hydrogen-bond acceptors (Lipinski definition) is 6. The summed E-state index contributed by atoms with van der Waals surface area (Å²) in [5.41, 5.74) is 1.10. The van der Waals surface area contributed by atoms with Crippen LogP contribution in [0.25, 0.3) is 11.3 Å². The smallest absolute Gasteiger partial charge is 0.247 e. The van der Waals surface area contributed by atoms with Gasteiger partial charge in [0.2, 0.25) is 5.91 Å². The van der Waals surface area contributed by atoms with Crippen LogP contribution in [0.4, 0.5) is 5.00 Å². The van der Waals surface area contributed by atoms with Gasteiger partial charge >= 0.3 is 0 Å². The number of thioether (sulfide) groups is 1. The zero-order valence-corrected chi connectivity index (χ0v) is 15.2. The van der Waals surface area contributed by atoms with Crippen LogP contribution in [0.2, 0.25) is 0 Å². The second kappa shape index (κ2) is 5.89. The fourth-order valence-electron chi connectivity index (χ4n) is 3.41. The van der Waals surface area contributed by atoms with Crippen molar-refractivity contribution in [2.45, 2.75) is 24.1 Å². The Bertz CT molecular complexity index is 720. The molecule has 1 amide bonds. The molecule has 1 aliphatic carbocycles. The summed E-state index contributed by atoms with van der Waals surface area (Å²) in [6.45, 7) is 4.23. The molecule has 1 saturated carbocycles. The normalized spacial score (nSPS) is 29.3. The first-order chi connectivity index (χ1) is 11.0. The lowest BCUT2D eigenvalue weighted by Gasteiger charge is -2.20. The molecule has 2 aromatic rings. The van der Waals surface area contributed by atoms with Gasteiger partial charge in [0, 0.05) is 27.8 Å². The van der Waals surface area contributed by atoms with Gasteiger partial charge in [0.05, 0.1) is 0 Å². The summed E-state index contributed by atoms with van der Waals surface area (Å²) in [7, 11) is 1.85. The molecule has 122 valence electrons. The van der Waals surface area contributed by atoms with Gasteiger partial charge in [-0.25, -0.2) is 0 Å². The molecule has 1 heterocycles. The van der Waals surface area contributed by atoms with Crippen molar-refractivity contribution < 1.29 is 4.79 Å². The van der Waals surface area contributed by atoms with Gasteiger partial charge < -0.3 is 10.6 Å². The van der Waals surface area contributed by atoms with E-state index in [1.807, 2.05) is 43.6 Å². The zero-order valence-electron chi connectivity index (χ0n) is 13.6. The first kappa shape index (κ1) is 16.4. The lowest BCUT2D eigenvalue weighted by molar-refractivity contribution is -0.119. The quantitative estimate of drug-likeness (QED) is 0.870. The van der Waals surface area contributed by atoms with Gasteiger partial charge in [-0.3, -0.25) is 4.79 Å². The Kier molecular flexibility index (Phi) is 4.20. The van der Waals surface area contributed by atoms with Crippen LogP contribution in [0.15, 0.2) is 30.3 Å². The number of carbonyl (C=O) groups excluding carboxylic acids is 1. The average Bonchev–Trinajstić information content (AvgIpc) is 2.89. The molecule has 1 aromatic heterocycles. The Hall–Kier alpha value is -1.44. The first-order valence-corrected chi connectivity index (χ1v) is 9.44. The predicted molar refractivity (Wildman–Crippen MR) is 96.8 cm³/mol. The zero-order chi connectivity index (χ0) is 16.7. The van der Waals surface area contributed by atoms with E-state index in [4.69, 9.17) is 0 Å². The van der Waals surface area contributed by atoms with Crippen molar-refractivity contribution in [1.29, 1.82) is 0 Å². The van der Waals surface area contributed by atoms with E-state index in [-0.39, 0.29) is 16.6 Å². The number of rotatable bonds is 5. The van der Waals surface area contributed by atoms with Gasteiger partial charge in [0.1, 0.15) is 16.2 Å². The minimum Gasteiger partial charge on any atom is -0.313 e. The molecule has 1 aliphatic rings. The third-order valence-corrected chi connectivity index (χ3v) is 7.28. The third-order valence-electron chi connectivity index (χ3n) is 5.11. The van der Waals surface area contributed by atoms with Gasteiger partial charge in [-0.05, 0) is 20.2 Å². The molecule has 0 radical (unpaired) electrons. The second-order valence-electron chi connectivity index (χ2n) is 5.86. The SMILES string of the molecule is CNC1(C(=O)Nc2snnc2-c2ccccc2)C(C)C1(C)SC. The van der Waals surface area contributed by atoms with Crippen LogP contribution in [0.5, 0.6) is 0 Å². The van der Waals surface area contributed by atoms with Crippen molar-refractivity contribution >= 4 is 34.2 Å². The van der Waals surface area contributed by atoms with Gasteiger partial charge in [-0.2, -0.15) is 11.8 Å². The summed E-state index contributed by atoms with van der Waals surface area (Å²) < 4.78 is 3.89. The van der Waals surface area contributed by atoms with Crippen LogP contribution < -0.4 is 10.6 Å². The largest absolute Gasteiger partial charge is 0.313 e. The molecule has 3 unspecified atom stereocenters. The van der Waals surface area contributed by atoms with Crippen molar-refractivity contribution in [3.05, 3.63) is 30.3 Å². The maximum absolute atomic E-state index is 13.0. The second-order valence-corrected chi connectivity index (χ2v) is 7.87. The van der Waals surface area contributed by atoms with Crippen molar-refractivity contribution in [1.82, 2.24) is 14.9 Å². The number of nitrogens with one attached hydrogen (secondary N) is 2. The third kappa shape index (κ3) is 2.29. The first-order valence-electron chi connectivity index (χ1n) is 7.44. The van der Waals surface area contributed by atoms with Crippen LogP contribution in [-0.4, -0.2) is 39.1 Å². The Morgan fingerprint density at radius 2 is 2.04 bits per heavy atom. The highest BCUT2D eigenvalue weighted by molar-refractivity contribution is 8.00. The van der Waals surface area contributed by atoms with Gasteiger partial charge in [0.15, 0.2) is 0 Å². The summed E-state index contributed by atoms with van der Waals surface area (Å²) >= 11 is 2.93. The number of carbonyl (C=O) groups is 1. The van der Waals surface area contributed by atoms with Crippen molar-refractivity contribution in [2.24, 2.45) is 5.92 Å².